The van der Waals surface area contributed by atoms with E-state index in [1.807, 2.05) is 18.2 Å². The van der Waals surface area contributed by atoms with Crippen LogP contribution in [0.15, 0.2) is 24.3 Å². The third-order valence-electron chi connectivity index (χ3n) is 2.43. The molecule has 0 spiro atoms. The van der Waals surface area contributed by atoms with E-state index in [-0.39, 0.29) is 0 Å². The number of ether oxygens (including phenoxy) is 1. The van der Waals surface area contributed by atoms with Crippen LogP contribution in [0, 0.1) is 0 Å². The summed E-state index contributed by atoms with van der Waals surface area (Å²) in [6.07, 6.45) is 1.02. The van der Waals surface area contributed by atoms with Gasteiger partial charge in [0, 0.05) is 25.3 Å². The monoisotopic (exact) mass is 209 g/mol. The number of hydrogen-bond acceptors (Lipinski definition) is 3. The fourth-order valence-electron chi connectivity index (χ4n) is 1.44. The summed E-state index contributed by atoms with van der Waals surface area (Å²) in [5, 5.41) is 12.9. The molecule has 0 bridgehead atoms. The number of aromatic hydroxyl groups is 1. The van der Waals surface area contributed by atoms with E-state index in [1.54, 1.807) is 13.2 Å². The summed E-state index contributed by atoms with van der Waals surface area (Å²) in [4.78, 5) is 0. The first-order valence-corrected chi connectivity index (χ1v) is 5.27. The van der Waals surface area contributed by atoms with Gasteiger partial charge in [0.25, 0.3) is 0 Å². The maximum absolute atomic E-state index is 9.55. The minimum Gasteiger partial charge on any atom is -0.508 e. The van der Waals surface area contributed by atoms with Crippen LogP contribution in [0.25, 0.3) is 0 Å². The van der Waals surface area contributed by atoms with E-state index in [0.29, 0.717) is 24.9 Å². The van der Waals surface area contributed by atoms with Gasteiger partial charge in [0.2, 0.25) is 0 Å². The molecule has 0 heterocycles. The molecule has 3 nitrogen and oxygen atoms in total. The van der Waals surface area contributed by atoms with Crippen molar-refractivity contribution in [1.29, 1.82) is 0 Å². The zero-order valence-corrected chi connectivity index (χ0v) is 9.36. The number of nitrogens with one attached hydrogen (secondary N) is 1. The molecule has 0 radical (unpaired) electrons. The van der Waals surface area contributed by atoms with Gasteiger partial charge in [-0.2, -0.15) is 0 Å². The van der Waals surface area contributed by atoms with Crippen molar-refractivity contribution in [2.24, 2.45) is 0 Å². The molecular formula is C12H19NO2. The summed E-state index contributed by atoms with van der Waals surface area (Å²) in [6.45, 7) is 3.49. The molecule has 2 N–H and O–H groups in total. The van der Waals surface area contributed by atoms with Gasteiger partial charge in [0.15, 0.2) is 0 Å². The van der Waals surface area contributed by atoms with E-state index in [9.17, 15) is 5.11 Å². The Hall–Kier alpha value is -1.06. The summed E-state index contributed by atoms with van der Waals surface area (Å²) in [6, 6.07) is 7.71. The summed E-state index contributed by atoms with van der Waals surface area (Å²) >= 11 is 0. The van der Waals surface area contributed by atoms with Crippen LogP contribution in [0.1, 0.15) is 18.9 Å². The Labute approximate surface area is 91.1 Å². The van der Waals surface area contributed by atoms with E-state index >= 15 is 0 Å². The van der Waals surface area contributed by atoms with Crippen molar-refractivity contribution in [2.45, 2.75) is 25.9 Å². The second kappa shape index (κ2) is 6.43. The van der Waals surface area contributed by atoms with Gasteiger partial charge in [-0.1, -0.05) is 25.1 Å². The SMILES string of the molecule is CCC(COC)NCc1ccccc1O. The first kappa shape index (κ1) is 12.0. The van der Waals surface area contributed by atoms with Crippen LogP contribution in [0.3, 0.4) is 0 Å². The van der Waals surface area contributed by atoms with Crippen LogP contribution in [0.5, 0.6) is 5.75 Å². The highest BCUT2D eigenvalue weighted by molar-refractivity contribution is 5.31. The lowest BCUT2D eigenvalue weighted by Gasteiger charge is -2.16. The quantitative estimate of drug-likeness (QED) is 0.752. The number of hydrogen-bond donors (Lipinski definition) is 2. The van der Waals surface area contributed by atoms with Crippen LogP contribution in [0.4, 0.5) is 0 Å². The van der Waals surface area contributed by atoms with E-state index in [2.05, 4.69) is 12.2 Å². The molecule has 3 heteroatoms. The van der Waals surface area contributed by atoms with Crippen molar-refractivity contribution in [3.8, 4) is 5.75 Å². The van der Waals surface area contributed by atoms with Gasteiger partial charge in [0.05, 0.1) is 6.61 Å². The van der Waals surface area contributed by atoms with Crippen molar-refractivity contribution in [1.82, 2.24) is 5.32 Å². The predicted molar refractivity (Wildman–Crippen MR) is 60.9 cm³/mol. The van der Waals surface area contributed by atoms with Gasteiger partial charge in [-0.15, -0.1) is 0 Å². The van der Waals surface area contributed by atoms with Crippen LogP contribution < -0.4 is 5.32 Å². The van der Waals surface area contributed by atoms with Crippen LogP contribution in [-0.2, 0) is 11.3 Å². The third kappa shape index (κ3) is 3.90. The molecule has 1 aromatic carbocycles. The van der Waals surface area contributed by atoms with Crippen molar-refractivity contribution >= 4 is 0 Å². The number of phenolic OH excluding ortho intramolecular Hbond substituents is 1. The predicted octanol–water partition coefficient (Wildman–Crippen LogP) is 1.91. The zero-order chi connectivity index (χ0) is 11.1. The summed E-state index contributed by atoms with van der Waals surface area (Å²) in [5.74, 6) is 0.345. The zero-order valence-electron chi connectivity index (χ0n) is 9.36. The minimum atomic E-state index is 0.342. The highest BCUT2D eigenvalue weighted by Crippen LogP contribution is 2.15. The van der Waals surface area contributed by atoms with Crippen LogP contribution >= 0.6 is 0 Å². The normalized spacial score (nSPS) is 12.7. The third-order valence-corrected chi connectivity index (χ3v) is 2.43. The molecule has 1 aromatic rings. The molecule has 0 saturated heterocycles. The molecule has 0 fully saturated rings. The van der Waals surface area contributed by atoms with Crippen LogP contribution in [-0.4, -0.2) is 24.9 Å². The van der Waals surface area contributed by atoms with Gasteiger partial charge >= 0.3 is 0 Å². The first-order valence-electron chi connectivity index (χ1n) is 5.27. The Morgan fingerprint density at radius 2 is 2.13 bits per heavy atom. The Kier molecular flexibility index (Phi) is 5.15. The lowest BCUT2D eigenvalue weighted by Crippen LogP contribution is -2.31. The average Bonchev–Trinajstić information content (AvgIpc) is 2.26. The van der Waals surface area contributed by atoms with Gasteiger partial charge < -0.3 is 15.2 Å². The van der Waals surface area contributed by atoms with E-state index in [1.165, 1.54) is 0 Å². The standard InChI is InChI=1S/C12H19NO2/c1-3-11(9-15-2)13-8-10-6-4-5-7-12(10)14/h4-7,11,13-14H,3,8-9H2,1-2H3. The van der Waals surface area contributed by atoms with Gasteiger partial charge in [-0.05, 0) is 12.5 Å². The minimum absolute atomic E-state index is 0.342. The maximum Gasteiger partial charge on any atom is 0.120 e. The van der Waals surface area contributed by atoms with Gasteiger partial charge in [0.1, 0.15) is 5.75 Å². The molecule has 0 saturated carbocycles. The Bertz CT molecular complexity index is 289. The molecule has 0 aromatic heterocycles. The van der Waals surface area contributed by atoms with Crippen molar-refractivity contribution in [3.05, 3.63) is 29.8 Å². The molecule has 84 valence electrons. The Balaban J connectivity index is 2.45. The summed E-state index contributed by atoms with van der Waals surface area (Å²) in [5.41, 5.74) is 0.923. The Morgan fingerprint density at radius 3 is 2.73 bits per heavy atom. The summed E-state index contributed by atoms with van der Waals surface area (Å²) < 4.78 is 5.09. The molecular weight excluding hydrogens is 190 g/mol. The molecule has 1 atom stereocenters. The lowest BCUT2D eigenvalue weighted by atomic mass is 10.1. The molecule has 15 heavy (non-hydrogen) atoms. The number of phenols is 1. The van der Waals surface area contributed by atoms with E-state index in [4.69, 9.17) is 4.74 Å². The van der Waals surface area contributed by atoms with Crippen molar-refractivity contribution in [3.63, 3.8) is 0 Å². The van der Waals surface area contributed by atoms with Crippen LogP contribution in [0.2, 0.25) is 0 Å². The maximum atomic E-state index is 9.55. The number of para-hydroxylation sites is 1. The largest absolute Gasteiger partial charge is 0.508 e. The highest BCUT2D eigenvalue weighted by atomic mass is 16.5. The fraction of sp³-hybridized carbons (Fsp3) is 0.500. The van der Waals surface area contributed by atoms with E-state index < -0.39 is 0 Å². The molecule has 0 aliphatic heterocycles. The van der Waals surface area contributed by atoms with Crippen molar-refractivity contribution in [2.75, 3.05) is 13.7 Å². The second-order valence-corrected chi connectivity index (χ2v) is 3.57. The first-order chi connectivity index (χ1) is 7.27. The van der Waals surface area contributed by atoms with E-state index in [0.717, 1.165) is 12.0 Å². The molecule has 0 aliphatic carbocycles. The van der Waals surface area contributed by atoms with Crippen molar-refractivity contribution < 1.29 is 9.84 Å². The smallest absolute Gasteiger partial charge is 0.120 e. The molecule has 1 rings (SSSR count). The fourth-order valence-corrected chi connectivity index (χ4v) is 1.44. The Morgan fingerprint density at radius 1 is 1.40 bits per heavy atom. The topological polar surface area (TPSA) is 41.5 Å². The highest BCUT2D eigenvalue weighted by Gasteiger charge is 2.06. The molecule has 0 amide bonds. The average molecular weight is 209 g/mol. The number of benzene rings is 1. The van der Waals surface area contributed by atoms with Gasteiger partial charge in [-0.3, -0.25) is 0 Å². The van der Waals surface area contributed by atoms with Gasteiger partial charge in [-0.25, -0.2) is 0 Å². The second-order valence-electron chi connectivity index (χ2n) is 3.57. The molecule has 0 aliphatic rings. The number of rotatable bonds is 6. The number of methoxy groups -OCH3 is 1. The summed E-state index contributed by atoms with van der Waals surface area (Å²) in [7, 11) is 1.70. The molecule has 1 unspecified atom stereocenters. The lowest BCUT2D eigenvalue weighted by molar-refractivity contribution is 0.163.